The molecule has 1 aliphatic rings. The lowest BCUT2D eigenvalue weighted by molar-refractivity contribution is -0.274. The minimum Gasteiger partial charge on any atom is -0.403 e. The smallest absolute Gasteiger partial charge is 0.403 e. The van der Waals surface area contributed by atoms with Crippen molar-refractivity contribution >= 4 is 22.4 Å². The molecule has 0 N–H and O–H groups in total. The van der Waals surface area contributed by atoms with E-state index in [9.17, 15) is 27.2 Å². The van der Waals surface area contributed by atoms with Crippen LogP contribution in [0, 0.1) is 5.82 Å². The van der Waals surface area contributed by atoms with Gasteiger partial charge in [0.1, 0.15) is 5.82 Å². The van der Waals surface area contributed by atoms with E-state index in [1.165, 1.54) is 15.6 Å². The fourth-order valence-electron chi connectivity index (χ4n) is 3.86. The lowest BCUT2D eigenvalue weighted by Gasteiger charge is -2.36. The molecule has 33 heavy (non-hydrogen) atoms. The van der Waals surface area contributed by atoms with E-state index in [0.29, 0.717) is 23.4 Å². The molecule has 2 heterocycles. The third-order valence-corrected chi connectivity index (χ3v) is 5.42. The van der Waals surface area contributed by atoms with Gasteiger partial charge in [0, 0.05) is 44.2 Å². The number of halogens is 4. The number of rotatable bonds is 4. The Morgan fingerprint density at radius 1 is 1.06 bits per heavy atom. The van der Waals surface area contributed by atoms with E-state index in [2.05, 4.69) is 9.84 Å². The fraction of sp³-hybridized carbons (Fsp3) is 0.318. The summed E-state index contributed by atoms with van der Waals surface area (Å²) in [6.45, 7) is 2.85. The van der Waals surface area contributed by atoms with Crippen molar-refractivity contribution in [2.45, 2.75) is 19.8 Å². The monoisotopic (exact) mass is 464 g/mol. The summed E-state index contributed by atoms with van der Waals surface area (Å²) in [4.78, 5) is 28.9. The van der Waals surface area contributed by atoms with Crippen LogP contribution < -0.4 is 15.2 Å². The van der Waals surface area contributed by atoms with Gasteiger partial charge in [-0.1, -0.05) is 18.2 Å². The summed E-state index contributed by atoms with van der Waals surface area (Å²) in [5.41, 5.74) is -0.0599. The second kappa shape index (κ2) is 8.72. The summed E-state index contributed by atoms with van der Waals surface area (Å²) in [6.07, 6.45) is -4.96. The molecule has 2 aromatic carbocycles. The molecule has 0 atom stereocenters. The zero-order valence-electron chi connectivity index (χ0n) is 17.6. The van der Waals surface area contributed by atoms with Crippen LogP contribution in [0.25, 0.3) is 10.8 Å². The molecule has 4 rings (SSSR count). The van der Waals surface area contributed by atoms with Crippen LogP contribution in [0.2, 0.25) is 0 Å². The number of ether oxygens (including phenoxy) is 1. The maximum absolute atomic E-state index is 13.5. The number of hydrogen-bond acceptors (Lipinski definition) is 5. The summed E-state index contributed by atoms with van der Waals surface area (Å²) < 4.78 is 57.0. The first-order valence-corrected chi connectivity index (χ1v) is 10.3. The normalized spacial score (nSPS) is 14.6. The predicted molar refractivity (Wildman–Crippen MR) is 113 cm³/mol. The number of hydrogen-bond donors (Lipinski definition) is 0. The standard InChI is InChI=1S/C22H20F4N4O3/c1-2-30-20(31)16-6-4-3-5-15(16)19(27-30)21(32)29-11-9-28(10-12-29)17-8-7-14(23)13-18(17)33-22(24,25)26/h3-8,13H,2,9-12H2,1H3. The molecule has 11 heteroatoms. The molecule has 0 unspecified atom stereocenters. The van der Waals surface area contributed by atoms with Crippen LogP contribution in [0.3, 0.4) is 0 Å². The highest BCUT2D eigenvalue weighted by Gasteiger charge is 2.34. The molecule has 0 aliphatic carbocycles. The molecule has 0 saturated carbocycles. The van der Waals surface area contributed by atoms with Crippen molar-refractivity contribution in [3.63, 3.8) is 0 Å². The van der Waals surface area contributed by atoms with Gasteiger partial charge in [-0.3, -0.25) is 9.59 Å². The van der Waals surface area contributed by atoms with Gasteiger partial charge < -0.3 is 14.5 Å². The lowest BCUT2D eigenvalue weighted by Crippen LogP contribution is -2.49. The van der Waals surface area contributed by atoms with Crippen molar-refractivity contribution in [2.75, 3.05) is 31.1 Å². The Balaban J connectivity index is 1.57. The number of alkyl halides is 3. The first-order chi connectivity index (χ1) is 15.7. The SMILES string of the molecule is CCn1nc(C(=O)N2CCN(c3ccc(F)cc3OC(F)(F)F)CC2)c2ccccc2c1=O. The quantitative estimate of drug-likeness (QED) is 0.554. The van der Waals surface area contributed by atoms with Crippen molar-refractivity contribution in [2.24, 2.45) is 0 Å². The highest BCUT2D eigenvalue weighted by Crippen LogP contribution is 2.34. The van der Waals surface area contributed by atoms with Gasteiger partial charge >= 0.3 is 6.36 Å². The maximum Gasteiger partial charge on any atom is 0.573 e. The van der Waals surface area contributed by atoms with Gasteiger partial charge in [0.2, 0.25) is 0 Å². The Kier molecular flexibility index (Phi) is 5.96. The minimum absolute atomic E-state index is 0.0870. The molecule has 174 valence electrons. The van der Waals surface area contributed by atoms with Crippen molar-refractivity contribution in [3.8, 4) is 5.75 Å². The number of carbonyl (C=O) groups excluding carboxylic acids is 1. The van der Waals surface area contributed by atoms with Crippen molar-refractivity contribution in [1.82, 2.24) is 14.7 Å². The van der Waals surface area contributed by atoms with E-state index in [1.807, 2.05) is 0 Å². The minimum atomic E-state index is -4.96. The second-order valence-corrected chi connectivity index (χ2v) is 7.45. The first kappa shape index (κ1) is 22.6. The fourth-order valence-corrected chi connectivity index (χ4v) is 3.86. The number of carbonyl (C=O) groups is 1. The number of nitrogens with zero attached hydrogens (tertiary/aromatic N) is 4. The van der Waals surface area contributed by atoms with Crippen LogP contribution in [0.5, 0.6) is 5.75 Å². The summed E-state index contributed by atoms with van der Waals surface area (Å²) in [5, 5.41) is 5.08. The molecule has 0 spiro atoms. The van der Waals surface area contributed by atoms with Crippen molar-refractivity contribution in [1.29, 1.82) is 0 Å². The Bertz CT molecular complexity index is 1250. The Hall–Kier alpha value is -3.63. The molecule has 0 bridgehead atoms. The van der Waals surface area contributed by atoms with Crippen LogP contribution in [0.15, 0.2) is 47.3 Å². The Morgan fingerprint density at radius 3 is 2.36 bits per heavy atom. The number of anilines is 1. The maximum atomic E-state index is 13.5. The van der Waals surface area contributed by atoms with Crippen LogP contribution in [-0.4, -0.2) is 53.1 Å². The van der Waals surface area contributed by atoms with E-state index in [-0.39, 0.29) is 49.0 Å². The summed E-state index contributed by atoms with van der Waals surface area (Å²) >= 11 is 0. The zero-order valence-corrected chi connectivity index (χ0v) is 17.6. The summed E-state index contributed by atoms with van der Waals surface area (Å²) in [7, 11) is 0. The predicted octanol–water partition coefficient (Wildman–Crippen LogP) is 3.42. The number of benzene rings is 2. The Morgan fingerprint density at radius 2 is 1.73 bits per heavy atom. The summed E-state index contributed by atoms with van der Waals surface area (Å²) in [5.74, 6) is -1.86. The van der Waals surface area contributed by atoms with Crippen molar-refractivity contribution < 1.29 is 27.1 Å². The molecular formula is C22H20F4N4O3. The number of fused-ring (bicyclic) bond motifs is 1. The van der Waals surface area contributed by atoms with Gasteiger partial charge in [-0.15, -0.1) is 13.2 Å². The molecule has 1 saturated heterocycles. The first-order valence-electron chi connectivity index (χ1n) is 10.3. The Labute approximate surface area is 185 Å². The van der Waals surface area contributed by atoms with Gasteiger partial charge in [-0.25, -0.2) is 9.07 Å². The van der Waals surface area contributed by atoms with Gasteiger partial charge in [0.05, 0.1) is 11.1 Å². The van der Waals surface area contributed by atoms with Crippen LogP contribution in [-0.2, 0) is 6.54 Å². The van der Waals surface area contributed by atoms with Crippen LogP contribution in [0.1, 0.15) is 17.4 Å². The molecular weight excluding hydrogens is 444 g/mol. The van der Waals surface area contributed by atoms with Crippen LogP contribution >= 0.6 is 0 Å². The molecule has 0 radical (unpaired) electrons. The van der Waals surface area contributed by atoms with E-state index in [0.717, 1.165) is 6.07 Å². The van der Waals surface area contributed by atoms with Crippen LogP contribution in [0.4, 0.5) is 23.2 Å². The van der Waals surface area contributed by atoms with E-state index in [4.69, 9.17) is 0 Å². The van der Waals surface area contributed by atoms with Gasteiger partial charge in [-0.05, 0) is 25.1 Å². The highest BCUT2D eigenvalue weighted by atomic mass is 19.4. The van der Waals surface area contributed by atoms with Crippen molar-refractivity contribution in [3.05, 3.63) is 64.3 Å². The molecule has 1 amide bonds. The number of aromatic nitrogens is 2. The van der Waals surface area contributed by atoms with Gasteiger partial charge in [0.25, 0.3) is 11.5 Å². The largest absolute Gasteiger partial charge is 0.573 e. The van der Waals surface area contributed by atoms with Gasteiger partial charge in [0.15, 0.2) is 11.4 Å². The topological polar surface area (TPSA) is 67.7 Å². The molecule has 7 nitrogen and oxygen atoms in total. The highest BCUT2D eigenvalue weighted by molar-refractivity contribution is 6.04. The third kappa shape index (κ3) is 4.62. The van der Waals surface area contributed by atoms with E-state index < -0.39 is 17.9 Å². The third-order valence-electron chi connectivity index (χ3n) is 5.42. The second-order valence-electron chi connectivity index (χ2n) is 7.45. The molecule has 3 aromatic rings. The zero-order chi connectivity index (χ0) is 23.8. The number of amides is 1. The lowest BCUT2D eigenvalue weighted by atomic mass is 10.1. The van der Waals surface area contributed by atoms with E-state index >= 15 is 0 Å². The number of piperazine rings is 1. The molecule has 1 fully saturated rings. The average Bonchev–Trinajstić information content (AvgIpc) is 2.78. The molecule has 1 aliphatic heterocycles. The number of aryl methyl sites for hydroxylation is 1. The molecule has 1 aromatic heterocycles. The van der Waals surface area contributed by atoms with E-state index in [1.54, 1.807) is 36.1 Å². The average molecular weight is 464 g/mol. The van der Waals surface area contributed by atoms with Gasteiger partial charge in [-0.2, -0.15) is 5.10 Å². The summed E-state index contributed by atoms with van der Waals surface area (Å²) in [6, 6.07) is 9.68.